The lowest BCUT2D eigenvalue weighted by atomic mass is 10.2. The van der Waals surface area contributed by atoms with E-state index in [2.05, 4.69) is 0 Å². The van der Waals surface area contributed by atoms with Gasteiger partial charge in [-0.15, -0.1) is 11.8 Å². The zero-order valence-electron chi connectivity index (χ0n) is 10.8. The number of methoxy groups -OCH3 is 1. The Labute approximate surface area is 120 Å². The van der Waals surface area contributed by atoms with Crippen molar-refractivity contribution in [3.63, 3.8) is 0 Å². The molecule has 20 heavy (non-hydrogen) atoms. The summed E-state index contributed by atoms with van der Waals surface area (Å²) < 4.78 is 18.3. The fourth-order valence-corrected chi connectivity index (χ4v) is 2.54. The van der Waals surface area contributed by atoms with Gasteiger partial charge in [0.15, 0.2) is 0 Å². The number of carboxylic acids is 1. The number of carbonyl (C=O) groups is 1. The van der Waals surface area contributed by atoms with E-state index < -0.39 is 11.8 Å². The molecule has 0 atom stereocenters. The van der Waals surface area contributed by atoms with Gasteiger partial charge in [0.2, 0.25) is 0 Å². The Morgan fingerprint density at radius 3 is 2.55 bits per heavy atom. The highest BCUT2D eigenvalue weighted by molar-refractivity contribution is 7.98. The SMILES string of the molecule is COc1ccc(CSc2ccc(F)c(C(=O)O)c2)cc1. The second-order valence-electron chi connectivity index (χ2n) is 4.08. The summed E-state index contributed by atoms with van der Waals surface area (Å²) in [6.07, 6.45) is 0. The smallest absolute Gasteiger partial charge is 0.338 e. The monoisotopic (exact) mass is 292 g/mol. The first-order valence-corrected chi connectivity index (χ1v) is 6.87. The zero-order valence-corrected chi connectivity index (χ0v) is 11.6. The number of carboxylic acid groups (broad SMARTS) is 1. The number of thioether (sulfide) groups is 1. The van der Waals surface area contributed by atoms with Crippen LogP contribution in [0.25, 0.3) is 0 Å². The predicted molar refractivity (Wildman–Crippen MR) is 75.9 cm³/mol. The molecule has 1 N–H and O–H groups in total. The molecule has 0 heterocycles. The number of hydrogen-bond donors (Lipinski definition) is 1. The van der Waals surface area contributed by atoms with E-state index in [9.17, 15) is 9.18 Å². The van der Waals surface area contributed by atoms with E-state index in [-0.39, 0.29) is 5.56 Å². The van der Waals surface area contributed by atoms with Crippen LogP contribution in [0.15, 0.2) is 47.4 Å². The maximum absolute atomic E-state index is 13.3. The standard InChI is InChI=1S/C15H13FO3S/c1-19-11-4-2-10(3-5-11)9-20-12-6-7-14(16)13(8-12)15(17)18/h2-8H,9H2,1H3,(H,17,18). The minimum atomic E-state index is -1.26. The lowest BCUT2D eigenvalue weighted by Crippen LogP contribution is -2.00. The van der Waals surface area contributed by atoms with Crippen LogP contribution < -0.4 is 4.74 Å². The van der Waals surface area contributed by atoms with E-state index in [1.54, 1.807) is 13.2 Å². The zero-order chi connectivity index (χ0) is 14.5. The molecule has 3 nitrogen and oxygen atoms in total. The van der Waals surface area contributed by atoms with Crippen LogP contribution in [-0.2, 0) is 5.75 Å². The Hall–Kier alpha value is -2.01. The molecule has 0 amide bonds. The van der Waals surface area contributed by atoms with Gasteiger partial charge in [-0.05, 0) is 35.9 Å². The largest absolute Gasteiger partial charge is 0.497 e. The van der Waals surface area contributed by atoms with E-state index >= 15 is 0 Å². The van der Waals surface area contributed by atoms with Crippen molar-refractivity contribution >= 4 is 17.7 Å². The Bertz CT molecular complexity index is 611. The Morgan fingerprint density at radius 2 is 1.95 bits per heavy atom. The summed E-state index contributed by atoms with van der Waals surface area (Å²) >= 11 is 1.46. The maximum Gasteiger partial charge on any atom is 0.338 e. The van der Waals surface area contributed by atoms with Gasteiger partial charge in [0.05, 0.1) is 12.7 Å². The van der Waals surface area contributed by atoms with Crippen LogP contribution >= 0.6 is 11.8 Å². The van der Waals surface area contributed by atoms with Gasteiger partial charge in [-0.1, -0.05) is 12.1 Å². The fourth-order valence-electron chi connectivity index (χ4n) is 1.65. The highest BCUT2D eigenvalue weighted by atomic mass is 32.2. The lowest BCUT2D eigenvalue weighted by molar-refractivity contribution is 0.0691. The Balaban J connectivity index is 2.06. The van der Waals surface area contributed by atoms with Gasteiger partial charge in [0.1, 0.15) is 11.6 Å². The number of rotatable bonds is 5. The summed E-state index contributed by atoms with van der Waals surface area (Å²) in [5.41, 5.74) is 0.779. The Morgan fingerprint density at radius 1 is 1.25 bits per heavy atom. The van der Waals surface area contributed by atoms with Crippen molar-refractivity contribution < 1.29 is 19.0 Å². The van der Waals surface area contributed by atoms with Gasteiger partial charge in [-0.2, -0.15) is 0 Å². The fraction of sp³-hybridized carbons (Fsp3) is 0.133. The number of ether oxygens (including phenoxy) is 1. The lowest BCUT2D eigenvalue weighted by Gasteiger charge is -2.05. The summed E-state index contributed by atoms with van der Waals surface area (Å²) in [5.74, 6) is -0.510. The van der Waals surface area contributed by atoms with Crippen molar-refractivity contribution in [1.29, 1.82) is 0 Å². The normalized spacial score (nSPS) is 10.3. The summed E-state index contributed by atoms with van der Waals surface area (Å²) in [6.45, 7) is 0. The minimum absolute atomic E-state index is 0.301. The van der Waals surface area contributed by atoms with Crippen molar-refractivity contribution in [2.45, 2.75) is 10.6 Å². The van der Waals surface area contributed by atoms with Crippen LogP contribution in [0, 0.1) is 5.82 Å². The number of halogens is 1. The molecule has 0 bridgehead atoms. The topological polar surface area (TPSA) is 46.5 Å². The van der Waals surface area contributed by atoms with E-state index in [0.717, 1.165) is 16.2 Å². The van der Waals surface area contributed by atoms with Gasteiger partial charge in [0, 0.05) is 10.6 Å². The predicted octanol–water partition coefficient (Wildman–Crippen LogP) is 3.82. The number of aromatic carboxylic acids is 1. The molecule has 2 aromatic rings. The van der Waals surface area contributed by atoms with Crippen LogP contribution in [0.5, 0.6) is 5.75 Å². The average Bonchev–Trinajstić information content (AvgIpc) is 2.46. The molecule has 0 radical (unpaired) electrons. The van der Waals surface area contributed by atoms with Crippen LogP contribution in [-0.4, -0.2) is 18.2 Å². The first kappa shape index (κ1) is 14.4. The van der Waals surface area contributed by atoms with Gasteiger partial charge in [-0.25, -0.2) is 9.18 Å². The second-order valence-corrected chi connectivity index (χ2v) is 5.13. The molecule has 0 unspecified atom stereocenters. The molecule has 0 aromatic heterocycles. The molecule has 0 aliphatic carbocycles. The van der Waals surface area contributed by atoms with E-state index in [0.29, 0.717) is 5.75 Å². The third-order valence-corrected chi connectivity index (χ3v) is 3.80. The first-order chi connectivity index (χ1) is 9.60. The van der Waals surface area contributed by atoms with Gasteiger partial charge < -0.3 is 9.84 Å². The van der Waals surface area contributed by atoms with Crippen molar-refractivity contribution in [2.24, 2.45) is 0 Å². The van der Waals surface area contributed by atoms with Crippen molar-refractivity contribution in [3.8, 4) is 5.75 Å². The maximum atomic E-state index is 13.3. The average molecular weight is 292 g/mol. The Kier molecular flexibility index (Phi) is 4.63. The molecule has 0 fully saturated rings. The molecule has 0 aliphatic heterocycles. The highest BCUT2D eigenvalue weighted by Gasteiger charge is 2.10. The molecule has 104 valence electrons. The third-order valence-electron chi connectivity index (χ3n) is 2.73. The van der Waals surface area contributed by atoms with Crippen molar-refractivity contribution in [1.82, 2.24) is 0 Å². The van der Waals surface area contributed by atoms with Gasteiger partial charge in [0.25, 0.3) is 0 Å². The summed E-state index contributed by atoms with van der Waals surface area (Å²) in [5, 5.41) is 8.87. The molecule has 0 saturated carbocycles. The minimum Gasteiger partial charge on any atom is -0.497 e. The molecule has 2 rings (SSSR count). The molecule has 0 spiro atoms. The van der Waals surface area contributed by atoms with Crippen molar-refractivity contribution in [3.05, 3.63) is 59.4 Å². The number of benzene rings is 2. The van der Waals surface area contributed by atoms with Crippen LogP contribution in [0.2, 0.25) is 0 Å². The van der Waals surface area contributed by atoms with E-state index in [4.69, 9.17) is 9.84 Å². The second kappa shape index (κ2) is 6.43. The number of hydrogen-bond acceptors (Lipinski definition) is 3. The van der Waals surface area contributed by atoms with Crippen molar-refractivity contribution in [2.75, 3.05) is 7.11 Å². The first-order valence-electron chi connectivity index (χ1n) is 5.88. The van der Waals surface area contributed by atoms with Crippen LogP contribution in [0.1, 0.15) is 15.9 Å². The third kappa shape index (κ3) is 3.51. The van der Waals surface area contributed by atoms with Crippen LogP contribution in [0.3, 0.4) is 0 Å². The highest BCUT2D eigenvalue weighted by Crippen LogP contribution is 2.25. The molecule has 2 aromatic carbocycles. The molecule has 0 saturated heterocycles. The molecule has 5 heteroatoms. The summed E-state index contributed by atoms with van der Waals surface area (Å²) in [6, 6.07) is 11.7. The summed E-state index contributed by atoms with van der Waals surface area (Å²) in [7, 11) is 1.61. The van der Waals surface area contributed by atoms with Crippen LogP contribution in [0.4, 0.5) is 4.39 Å². The molecule has 0 aliphatic rings. The van der Waals surface area contributed by atoms with E-state index in [1.807, 2.05) is 24.3 Å². The molecular formula is C15H13FO3S. The van der Waals surface area contributed by atoms with E-state index in [1.165, 1.54) is 23.9 Å². The van der Waals surface area contributed by atoms with Gasteiger partial charge >= 0.3 is 5.97 Å². The summed E-state index contributed by atoms with van der Waals surface area (Å²) in [4.78, 5) is 11.6. The quantitative estimate of drug-likeness (QED) is 0.851. The van der Waals surface area contributed by atoms with Gasteiger partial charge in [-0.3, -0.25) is 0 Å². The molecular weight excluding hydrogens is 279 g/mol.